The summed E-state index contributed by atoms with van der Waals surface area (Å²) in [5, 5.41) is 13.4. The minimum Gasteiger partial charge on any atom is -0.489 e. The van der Waals surface area contributed by atoms with Gasteiger partial charge in [-0.25, -0.2) is 14.0 Å². The Bertz CT molecular complexity index is 870. The van der Waals surface area contributed by atoms with E-state index in [0.717, 1.165) is 10.7 Å². The molecule has 1 N–H and O–H groups in total. The topological polar surface area (TPSA) is 86.4 Å². The molecule has 0 fully saturated rings. The molecular formula is C17H20FN3O4. The lowest BCUT2D eigenvalue weighted by atomic mass is 10.1. The average Bonchev–Trinajstić information content (AvgIpc) is 2.84. The van der Waals surface area contributed by atoms with Crippen LogP contribution in [0.25, 0.3) is 5.69 Å². The molecule has 2 aromatic rings. The van der Waals surface area contributed by atoms with Crippen molar-refractivity contribution in [2.24, 2.45) is 7.05 Å². The normalized spacial score (nSPS) is 12.0. The Hall–Kier alpha value is -2.90. The minimum atomic E-state index is -1.33. The summed E-state index contributed by atoms with van der Waals surface area (Å²) in [5.74, 6) is -1.75. The molecule has 0 saturated heterocycles. The van der Waals surface area contributed by atoms with Crippen LogP contribution < -0.4 is 10.4 Å². The summed E-state index contributed by atoms with van der Waals surface area (Å²) in [6.45, 7) is 7.15. The fraction of sp³-hybridized carbons (Fsp3) is 0.353. The molecule has 1 aromatic carbocycles. The predicted molar refractivity (Wildman–Crippen MR) is 90.0 cm³/mol. The van der Waals surface area contributed by atoms with E-state index in [1.165, 1.54) is 17.7 Å². The van der Waals surface area contributed by atoms with Gasteiger partial charge in [-0.15, -0.1) is 11.7 Å². The molecule has 0 unspecified atom stereocenters. The Balaban J connectivity index is 2.62. The molecule has 25 heavy (non-hydrogen) atoms. The second kappa shape index (κ2) is 7.33. The van der Waals surface area contributed by atoms with Gasteiger partial charge in [-0.1, -0.05) is 13.0 Å². The number of halogens is 1. The fourth-order valence-corrected chi connectivity index (χ4v) is 2.41. The molecule has 0 aliphatic carbocycles. The zero-order valence-electron chi connectivity index (χ0n) is 14.3. The molecule has 0 saturated carbocycles. The van der Waals surface area contributed by atoms with Crippen LogP contribution >= 0.6 is 0 Å². The molecule has 8 heteroatoms. The number of nitrogens with zero attached hydrogens (tertiary/aromatic N) is 3. The second-order valence-corrected chi connectivity index (χ2v) is 5.58. The molecule has 1 aromatic heterocycles. The molecule has 1 atom stereocenters. The summed E-state index contributed by atoms with van der Waals surface area (Å²) in [4.78, 5) is 23.7. The third kappa shape index (κ3) is 3.62. The van der Waals surface area contributed by atoms with Gasteiger partial charge in [-0.05, 0) is 13.0 Å². The fourth-order valence-electron chi connectivity index (χ4n) is 2.41. The van der Waals surface area contributed by atoms with Crippen LogP contribution in [0.3, 0.4) is 0 Å². The summed E-state index contributed by atoms with van der Waals surface area (Å²) >= 11 is 0. The van der Waals surface area contributed by atoms with Crippen molar-refractivity contribution in [3.05, 3.63) is 52.5 Å². The van der Waals surface area contributed by atoms with Crippen LogP contribution in [-0.2, 0) is 13.5 Å². The molecule has 0 aliphatic rings. The van der Waals surface area contributed by atoms with E-state index < -0.39 is 17.5 Å². The molecule has 134 valence electrons. The number of aromatic carboxylic acids is 1. The van der Waals surface area contributed by atoms with E-state index in [9.17, 15) is 19.1 Å². The van der Waals surface area contributed by atoms with Gasteiger partial charge in [0.1, 0.15) is 28.6 Å². The molecule has 2 rings (SSSR count). The second-order valence-electron chi connectivity index (χ2n) is 5.58. The zero-order chi connectivity index (χ0) is 18.7. The van der Waals surface area contributed by atoms with Gasteiger partial charge in [0.05, 0.1) is 6.10 Å². The van der Waals surface area contributed by atoms with Crippen molar-refractivity contribution in [1.82, 2.24) is 14.3 Å². The summed E-state index contributed by atoms with van der Waals surface area (Å²) < 4.78 is 22.3. The molecule has 0 amide bonds. The molecule has 1 heterocycles. The minimum absolute atomic E-state index is 0.0335. The maximum Gasteiger partial charge on any atom is 0.350 e. The van der Waals surface area contributed by atoms with Crippen molar-refractivity contribution in [3.63, 3.8) is 0 Å². The van der Waals surface area contributed by atoms with Crippen LogP contribution in [0.2, 0.25) is 0 Å². The third-order valence-corrected chi connectivity index (χ3v) is 3.72. The van der Waals surface area contributed by atoms with E-state index in [1.807, 2.05) is 6.92 Å². The number of aromatic nitrogens is 3. The number of hydrogen-bond acceptors (Lipinski definition) is 4. The molecule has 0 radical (unpaired) electrons. The highest BCUT2D eigenvalue weighted by Crippen LogP contribution is 2.26. The first-order valence-electron chi connectivity index (χ1n) is 7.79. The first-order chi connectivity index (χ1) is 11.8. The van der Waals surface area contributed by atoms with Crippen LogP contribution in [-0.4, -0.2) is 31.5 Å². The summed E-state index contributed by atoms with van der Waals surface area (Å²) in [5.41, 5.74) is -1.01. The number of ether oxygens (including phenoxy) is 1. The summed E-state index contributed by atoms with van der Waals surface area (Å²) in [6, 6.07) is 2.02. The van der Waals surface area contributed by atoms with Gasteiger partial charge in [0.25, 0.3) is 0 Å². The van der Waals surface area contributed by atoms with Crippen LogP contribution in [0.5, 0.6) is 5.75 Å². The summed E-state index contributed by atoms with van der Waals surface area (Å²) in [6.07, 6.45) is 2.25. The number of benzene rings is 1. The van der Waals surface area contributed by atoms with Crippen LogP contribution in [0, 0.1) is 5.82 Å². The highest BCUT2D eigenvalue weighted by atomic mass is 19.1. The van der Waals surface area contributed by atoms with Crippen molar-refractivity contribution in [2.75, 3.05) is 0 Å². The first kappa shape index (κ1) is 18.4. The number of carboxylic acid groups (broad SMARTS) is 1. The Morgan fingerprint density at radius 2 is 2.20 bits per heavy atom. The summed E-state index contributed by atoms with van der Waals surface area (Å²) in [7, 11) is 1.54. The van der Waals surface area contributed by atoms with Crippen LogP contribution in [0.15, 0.2) is 29.6 Å². The van der Waals surface area contributed by atoms with E-state index in [0.29, 0.717) is 18.7 Å². The van der Waals surface area contributed by atoms with Crippen LogP contribution in [0.1, 0.15) is 36.5 Å². The molecule has 0 bridgehead atoms. The highest BCUT2D eigenvalue weighted by Gasteiger charge is 2.21. The van der Waals surface area contributed by atoms with E-state index in [2.05, 4.69) is 11.7 Å². The van der Waals surface area contributed by atoms with Crippen molar-refractivity contribution in [1.29, 1.82) is 0 Å². The predicted octanol–water partition coefficient (Wildman–Crippen LogP) is 2.31. The monoisotopic (exact) mass is 349 g/mol. The van der Waals surface area contributed by atoms with Gasteiger partial charge < -0.3 is 9.84 Å². The van der Waals surface area contributed by atoms with Crippen LogP contribution in [0.4, 0.5) is 4.39 Å². The molecule has 0 aliphatic heterocycles. The first-order valence-corrected chi connectivity index (χ1v) is 7.79. The lowest BCUT2D eigenvalue weighted by Gasteiger charge is -2.16. The van der Waals surface area contributed by atoms with Gasteiger partial charge in [-0.2, -0.15) is 4.68 Å². The number of carbonyl (C=O) groups is 1. The van der Waals surface area contributed by atoms with Gasteiger partial charge in [0, 0.05) is 26.0 Å². The highest BCUT2D eigenvalue weighted by molar-refractivity contribution is 5.91. The molecule has 7 nitrogen and oxygen atoms in total. The SMILES string of the molecule is C=CC[C@H](C)Oc1cc(-n2nc(CC)n(C)c2=O)c(F)cc1C(=O)O. The van der Waals surface area contributed by atoms with E-state index in [-0.39, 0.29) is 23.1 Å². The maximum atomic E-state index is 14.4. The Morgan fingerprint density at radius 1 is 1.52 bits per heavy atom. The lowest BCUT2D eigenvalue weighted by molar-refractivity contribution is 0.0689. The quantitative estimate of drug-likeness (QED) is 0.775. The van der Waals surface area contributed by atoms with Crippen molar-refractivity contribution in [3.8, 4) is 11.4 Å². The zero-order valence-corrected chi connectivity index (χ0v) is 14.3. The number of hydrogen-bond donors (Lipinski definition) is 1. The van der Waals surface area contributed by atoms with Gasteiger partial charge in [-0.3, -0.25) is 4.57 Å². The number of carboxylic acids is 1. The largest absolute Gasteiger partial charge is 0.489 e. The number of rotatable bonds is 7. The van der Waals surface area contributed by atoms with E-state index in [4.69, 9.17) is 4.74 Å². The Morgan fingerprint density at radius 3 is 2.72 bits per heavy atom. The standard InChI is InChI=1S/C17H20FN3O4/c1-5-7-10(3)25-14-9-13(12(18)8-11(14)16(22)23)21-17(24)20(4)15(6-2)19-21/h5,8-10H,1,6-7H2,2-4H3,(H,22,23)/t10-/m0/s1. The smallest absolute Gasteiger partial charge is 0.350 e. The lowest BCUT2D eigenvalue weighted by Crippen LogP contribution is -2.23. The van der Waals surface area contributed by atoms with E-state index in [1.54, 1.807) is 13.0 Å². The van der Waals surface area contributed by atoms with Crippen molar-refractivity contribution < 1.29 is 19.0 Å². The number of aryl methyl sites for hydroxylation is 1. The van der Waals surface area contributed by atoms with Gasteiger partial charge in [0.2, 0.25) is 0 Å². The third-order valence-electron chi connectivity index (χ3n) is 3.72. The van der Waals surface area contributed by atoms with Gasteiger partial charge >= 0.3 is 11.7 Å². The van der Waals surface area contributed by atoms with E-state index >= 15 is 0 Å². The molecular weight excluding hydrogens is 329 g/mol. The maximum absolute atomic E-state index is 14.4. The van der Waals surface area contributed by atoms with Crippen molar-refractivity contribution >= 4 is 5.97 Å². The average molecular weight is 349 g/mol. The van der Waals surface area contributed by atoms with Crippen molar-refractivity contribution in [2.45, 2.75) is 32.8 Å². The molecule has 0 spiro atoms. The Labute approximate surface area is 144 Å². The van der Waals surface area contributed by atoms with Gasteiger partial charge in [0.15, 0.2) is 0 Å². The Kier molecular flexibility index (Phi) is 5.41.